The largest absolute Gasteiger partial charge is 0.497 e. The Hall–Kier alpha value is -4.48. The van der Waals surface area contributed by atoms with Gasteiger partial charge in [-0.1, -0.05) is 12.1 Å². The average molecular weight is 543 g/mol. The van der Waals surface area contributed by atoms with Crippen LogP contribution in [0.25, 0.3) is 17.2 Å². The van der Waals surface area contributed by atoms with Crippen LogP contribution in [0.4, 0.5) is 11.5 Å². The van der Waals surface area contributed by atoms with E-state index < -0.39 is 0 Å². The van der Waals surface area contributed by atoms with Crippen molar-refractivity contribution in [2.24, 2.45) is 0 Å². The molecule has 3 heterocycles. The quantitative estimate of drug-likeness (QED) is 0.329. The van der Waals surface area contributed by atoms with E-state index in [4.69, 9.17) is 15.2 Å². The molecule has 0 radical (unpaired) electrons. The Kier molecular flexibility index (Phi) is 8.23. The van der Waals surface area contributed by atoms with Crippen molar-refractivity contribution in [1.82, 2.24) is 29.5 Å². The zero-order chi connectivity index (χ0) is 28.1. The van der Waals surface area contributed by atoms with Gasteiger partial charge in [-0.15, -0.1) is 5.10 Å². The molecule has 2 aromatic heterocycles. The Bertz CT molecular complexity index is 1460. The predicted molar refractivity (Wildman–Crippen MR) is 154 cm³/mol. The molecular weight excluding hydrogens is 508 g/mol. The van der Waals surface area contributed by atoms with Crippen LogP contribution >= 0.6 is 0 Å². The molecule has 1 aliphatic heterocycles. The number of methoxy groups -OCH3 is 2. The maximum Gasteiger partial charge on any atom is 0.261 e. The maximum atomic E-state index is 13.0. The lowest BCUT2D eigenvalue weighted by Crippen LogP contribution is -2.45. The first kappa shape index (κ1) is 27.1. The highest BCUT2D eigenvalue weighted by molar-refractivity contribution is 6.07. The van der Waals surface area contributed by atoms with Gasteiger partial charge in [-0.3, -0.25) is 4.79 Å². The third kappa shape index (κ3) is 6.22. The molecule has 1 amide bonds. The van der Waals surface area contributed by atoms with Gasteiger partial charge >= 0.3 is 0 Å². The van der Waals surface area contributed by atoms with Crippen LogP contribution in [-0.4, -0.2) is 89.4 Å². The van der Waals surface area contributed by atoms with Gasteiger partial charge in [0, 0.05) is 62.4 Å². The Morgan fingerprint density at radius 1 is 1.02 bits per heavy atom. The van der Waals surface area contributed by atoms with Crippen LogP contribution in [0.15, 0.2) is 60.9 Å². The lowest BCUT2D eigenvalue weighted by molar-refractivity contribution is 0.102. The van der Waals surface area contributed by atoms with Gasteiger partial charge in [-0.05, 0) is 49.4 Å². The van der Waals surface area contributed by atoms with Crippen molar-refractivity contribution in [3.05, 3.63) is 72.1 Å². The van der Waals surface area contributed by atoms with Crippen LogP contribution in [0.3, 0.4) is 0 Å². The van der Waals surface area contributed by atoms with Crippen molar-refractivity contribution in [1.29, 1.82) is 0 Å². The summed E-state index contributed by atoms with van der Waals surface area (Å²) in [4.78, 5) is 26.8. The maximum absolute atomic E-state index is 13.0. The van der Waals surface area contributed by atoms with Gasteiger partial charge in [0.25, 0.3) is 11.9 Å². The molecule has 1 aliphatic rings. The van der Waals surface area contributed by atoms with E-state index in [1.807, 2.05) is 36.4 Å². The number of nitrogen functional groups attached to an aromatic ring is 1. The molecule has 5 rings (SSSR count). The van der Waals surface area contributed by atoms with E-state index in [1.54, 1.807) is 32.5 Å². The number of ether oxygens (including phenoxy) is 2. The molecule has 0 spiro atoms. The third-order valence-corrected chi connectivity index (χ3v) is 7.04. The van der Waals surface area contributed by atoms with E-state index in [0.717, 1.165) is 44.7 Å². The first-order valence-electron chi connectivity index (χ1n) is 13.2. The summed E-state index contributed by atoms with van der Waals surface area (Å²) < 4.78 is 12.2. The van der Waals surface area contributed by atoms with Crippen molar-refractivity contribution < 1.29 is 14.3 Å². The smallest absolute Gasteiger partial charge is 0.261 e. The lowest BCUT2D eigenvalue weighted by Gasteiger charge is -2.32. The first-order chi connectivity index (χ1) is 19.4. The molecule has 11 nitrogen and oxygen atoms in total. The number of benzene rings is 2. The molecule has 0 bridgehead atoms. The molecule has 40 heavy (non-hydrogen) atoms. The van der Waals surface area contributed by atoms with Crippen LogP contribution in [0.5, 0.6) is 11.5 Å². The molecule has 0 saturated carbocycles. The van der Waals surface area contributed by atoms with Crippen molar-refractivity contribution in [2.75, 3.05) is 65.0 Å². The molecule has 1 fully saturated rings. The average Bonchev–Trinajstić information content (AvgIpc) is 3.39. The molecule has 4 aromatic rings. The van der Waals surface area contributed by atoms with E-state index >= 15 is 0 Å². The number of rotatable bonds is 9. The number of amides is 1. The van der Waals surface area contributed by atoms with E-state index in [2.05, 4.69) is 37.2 Å². The monoisotopic (exact) mass is 542 g/mol. The van der Waals surface area contributed by atoms with E-state index in [1.165, 1.54) is 16.4 Å². The zero-order valence-corrected chi connectivity index (χ0v) is 23.0. The fraction of sp³-hybridized carbons (Fsp3) is 0.310. The van der Waals surface area contributed by atoms with Gasteiger partial charge in [0.2, 0.25) is 0 Å². The highest BCUT2D eigenvalue weighted by atomic mass is 16.5. The molecule has 3 N–H and O–H groups in total. The number of hydrogen-bond donors (Lipinski definition) is 2. The topological polar surface area (TPSA) is 124 Å². The predicted octanol–water partition coefficient (Wildman–Crippen LogP) is 2.97. The van der Waals surface area contributed by atoms with Crippen molar-refractivity contribution in [2.45, 2.75) is 6.42 Å². The zero-order valence-electron chi connectivity index (χ0n) is 23.0. The highest BCUT2D eigenvalue weighted by Gasteiger charge is 2.18. The molecule has 11 heteroatoms. The summed E-state index contributed by atoms with van der Waals surface area (Å²) in [6.45, 7) is 5.46. The Labute approximate surface area is 233 Å². The Morgan fingerprint density at radius 2 is 1.80 bits per heavy atom. The number of likely N-dealkylation sites (N-methyl/N-ethyl adjacent to an activating group) is 1. The second kappa shape index (κ2) is 12.1. The van der Waals surface area contributed by atoms with Gasteiger partial charge < -0.3 is 30.3 Å². The fourth-order valence-electron chi connectivity index (χ4n) is 4.60. The molecule has 0 atom stereocenters. The second-order valence-corrected chi connectivity index (χ2v) is 9.73. The van der Waals surface area contributed by atoms with Crippen molar-refractivity contribution >= 4 is 17.4 Å². The SMILES string of the molecule is COc1ccc(-c2ccnc(-n3cc(C(=O)Nc4ccc(CCN5CCN(C)CC5)cc4)c(N)n3)n2)c(OC)c1. The highest BCUT2D eigenvalue weighted by Crippen LogP contribution is 2.32. The second-order valence-electron chi connectivity index (χ2n) is 9.73. The van der Waals surface area contributed by atoms with Gasteiger partial charge in [0.05, 0.1) is 19.9 Å². The number of carbonyl (C=O) groups is 1. The molecule has 0 unspecified atom stereocenters. The number of nitrogens with two attached hydrogens (primary N) is 1. The molecule has 208 valence electrons. The summed E-state index contributed by atoms with van der Waals surface area (Å²) in [5.41, 5.74) is 9.65. The summed E-state index contributed by atoms with van der Waals surface area (Å²) in [7, 11) is 5.34. The summed E-state index contributed by atoms with van der Waals surface area (Å²) in [5.74, 6) is 1.27. The normalized spacial score (nSPS) is 14.2. The summed E-state index contributed by atoms with van der Waals surface area (Å²) in [6, 6.07) is 15.1. The van der Waals surface area contributed by atoms with Gasteiger partial charge in [0.1, 0.15) is 17.1 Å². The van der Waals surface area contributed by atoms with Crippen LogP contribution < -0.4 is 20.5 Å². The number of anilines is 2. The number of piperazine rings is 1. The van der Waals surface area contributed by atoms with Crippen molar-refractivity contribution in [3.8, 4) is 28.7 Å². The van der Waals surface area contributed by atoms with Gasteiger partial charge in [-0.2, -0.15) is 0 Å². The number of aromatic nitrogens is 4. The summed E-state index contributed by atoms with van der Waals surface area (Å²) in [5, 5.41) is 7.19. The first-order valence-corrected chi connectivity index (χ1v) is 13.2. The Balaban J connectivity index is 1.25. The van der Waals surface area contributed by atoms with E-state index in [-0.39, 0.29) is 23.2 Å². The van der Waals surface area contributed by atoms with Crippen LogP contribution in [0, 0.1) is 0 Å². The lowest BCUT2D eigenvalue weighted by atomic mass is 10.1. The molecule has 2 aromatic carbocycles. The van der Waals surface area contributed by atoms with Crippen LogP contribution in [-0.2, 0) is 6.42 Å². The molecular formula is C29H34N8O3. The number of nitrogens with one attached hydrogen (secondary N) is 1. The summed E-state index contributed by atoms with van der Waals surface area (Å²) >= 11 is 0. The van der Waals surface area contributed by atoms with Gasteiger partial charge in [0.15, 0.2) is 5.82 Å². The van der Waals surface area contributed by atoms with E-state index in [9.17, 15) is 4.79 Å². The van der Waals surface area contributed by atoms with Crippen LogP contribution in [0.1, 0.15) is 15.9 Å². The van der Waals surface area contributed by atoms with E-state index in [0.29, 0.717) is 22.9 Å². The summed E-state index contributed by atoms with van der Waals surface area (Å²) in [6.07, 6.45) is 4.11. The minimum Gasteiger partial charge on any atom is -0.497 e. The number of nitrogens with zero attached hydrogens (tertiary/aromatic N) is 6. The molecule has 1 saturated heterocycles. The number of carbonyl (C=O) groups excluding carboxylic acids is 1. The van der Waals surface area contributed by atoms with Gasteiger partial charge in [-0.25, -0.2) is 14.6 Å². The fourth-order valence-corrected chi connectivity index (χ4v) is 4.60. The van der Waals surface area contributed by atoms with Crippen molar-refractivity contribution in [3.63, 3.8) is 0 Å². The van der Waals surface area contributed by atoms with Crippen LogP contribution in [0.2, 0.25) is 0 Å². The third-order valence-electron chi connectivity index (χ3n) is 7.04. The number of hydrogen-bond acceptors (Lipinski definition) is 9. The minimum atomic E-state index is -0.359. The standard InChI is InChI=1S/C29H34N8O3/c1-35-14-16-36(17-15-35)13-11-20-4-6-21(7-5-20)32-28(38)24-19-37(34-27(24)30)29-31-12-10-25(33-29)23-9-8-22(39-2)18-26(23)40-3/h4-10,12,18-19H,11,13-17H2,1-3H3,(H2,30,34)(H,32,38). The Morgan fingerprint density at radius 3 is 2.52 bits per heavy atom. The minimum absolute atomic E-state index is 0.0809. The molecule has 0 aliphatic carbocycles.